The van der Waals surface area contributed by atoms with Crippen molar-refractivity contribution in [1.29, 1.82) is 0 Å². The highest BCUT2D eigenvalue weighted by molar-refractivity contribution is 7.81. The molecule has 41 heavy (non-hydrogen) atoms. The quantitative estimate of drug-likeness (QED) is 0.153. The number of aryl methyl sites for hydroxylation is 2. The Balaban J connectivity index is 1.16. The lowest BCUT2D eigenvalue weighted by Crippen LogP contribution is -2.28. The van der Waals surface area contributed by atoms with Gasteiger partial charge >= 0.3 is 20.7 Å². The lowest BCUT2D eigenvalue weighted by atomic mass is 10.2. The number of hydrogen-bond acceptors (Lipinski definition) is 14. The number of hydrogen-bond donors (Lipinski definition) is 0. The van der Waals surface area contributed by atoms with Gasteiger partial charge in [-0.15, -0.1) is 9.36 Å². The fraction of sp³-hybridized carbons (Fsp3) is 0.333. The Morgan fingerprint density at radius 1 is 0.707 bits per heavy atom. The zero-order chi connectivity index (χ0) is 29.2. The first-order valence-corrected chi connectivity index (χ1v) is 15.4. The van der Waals surface area contributed by atoms with Crippen LogP contribution in [0.3, 0.4) is 0 Å². The Morgan fingerprint density at radius 2 is 1.10 bits per heavy atom. The molecule has 0 unspecified atom stereocenters. The molecule has 0 aliphatic carbocycles. The van der Waals surface area contributed by atoms with Crippen molar-refractivity contribution in [1.82, 2.24) is 10.2 Å². The molecule has 0 bridgehead atoms. The Morgan fingerprint density at radius 3 is 1.44 bits per heavy atom. The lowest BCUT2D eigenvalue weighted by molar-refractivity contribution is -0.713. The van der Waals surface area contributed by atoms with Crippen LogP contribution in [-0.2, 0) is 32.9 Å². The third-order valence-electron chi connectivity index (χ3n) is 5.70. The molecule has 0 saturated carbocycles. The minimum atomic E-state index is -4.14. The summed E-state index contributed by atoms with van der Waals surface area (Å²) in [6.07, 6.45) is 0. The van der Waals surface area contributed by atoms with E-state index < -0.39 is 10.4 Å². The number of aromatic nitrogens is 4. The van der Waals surface area contributed by atoms with Crippen molar-refractivity contribution in [3.05, 3.63) is 59.6 Å². The summed E-state index contributed by atoms with van der Waals surface area (Å²) in [5.74, 6) is 0. The maximum absolute atomic E-state index is 12.2. The molecule has 0 amide bonds. The van der Waals surface area contributed by atoms with Crippen molar-refractivity contribution < 1.29 is 26.1 Å². The summed E-state index contributed by atoms with van der Waals surface area (Å²) in [7, 11) is 3.14. The summed E-state index contributed by atoms with van der Waals surface area (Å²) >= 11 is 2.79. The van der Waals surface area contributed by atoms with Gasteiger partial charge in [-0.2, -0.15) is 8.42 Å². The van der Waals surface area contributed by atoms with Crippen LogP contribution < -0.4 is 19.2 Å². The third kappa shape index (κ3) is 9.12. The van der Waals surface area contributed by atoms with E-state index in [1.807, 2.05) is 72.4 Å². The van der Waals surface area contributed by atoms with Crippen molar-refractivity contribution in [3.63, 3.8) is 0 Å². The molecule has 17 heteroatoms. The highest BCUT2D eigenvalue weighted by Crippen LogP contribution is 2.23. The predicted octanol–water partition coefficient (Wildman–Crippen LogP) is 3.93. The van der Waals surface area contributed by atoms with E-state index in [-0.39, 0.29) is 13.2 Å². The molecule has 4 aromatic rings. The van der Waals surface area contributed by atoms with E-state index in [1.165, 1.54) is 22.7 Å². The summed E-state index contributed by atoms with van der Waals surface area (Å²) in [5.41, 5.74) is 6.52. The monoisotopic (exact) mass is 618 g/mol. The Hall–Kier alpha value is -3.77. The molecule has 0 aliphatic heterocycles. The van der Waals surface area contributed by atoms with Crippen molar-refractivity contribution in [2.45, 2.75) is 0 Å². The van der Waals surface area contributed by atoms with Gasteiger partial charge < -0.3 is 9.80 Å². The van der Waals surface area contributed by atoms with E-state index in [4.69, 9.17) is 8.37 Å². The van der Waals surface area contributed by atoms with Gasteiger partial charge in [-0.05, 0) is 81.4 Å². The zero-order valence-corrected chi connectivity index (χ0v) is 25.4. The number of anilines is 2. The topological polar surface area (TPSA) is 142 Å². The largest absolute Gasteiger partial charge is 0.429 e. The SMILES string of the molecule is CN(CCOS(=O)(=O)OCCN(C)c1ccc(N=Nc2scn[n+]2C)cc1)c1ccc(N=Nc2scn[n+]2C)cc1. The summed E-state index contributed by atoms with van der Waals surface area (Å²) in [5, 5.41) is 26.3. The van der Waals surface area contributed by atoms with Gasteiger partial charge in [-0.1, -0.05) is 10.2 Å². The second-order valence-corrected chi connectivity index (χ2v) is 11.5. The van der Waals surface area contributed by atoms with E-state index in [0.717, 1.165) is 11.4 Å². The Kier molecular flexibility index (Phi) is 10.5. The lowest BCUT2D eigenvalue weighted by Gasteiger charge is -2.20. The van der Waals surface area contributed by atoms with E-state index >= 15 is 0 Å². The normalized spacial score (nSPS) is 12.0. The van der Waals surface area contributed by atoms with Crippen LogP contribution in [0.15, 0.2) is 80.0 Å². The molecule has 0 radical (unpaired) electrons. The molecule has 216 valence electrons. The first-order valence-electron chi connectivity index (χ1n) is 12.3. The van der Waals surface area contributed by atoms with Gasteiger partial charge in [0.25, 0.3) is 0 Å². The van der Waals surface area contributed by atoms with Crippen molar-refractivity contribution in [2.75, 3.05) is 50.2 Å². The van der Waals surface area contributed by atoms with Gasteiger partial charge in [0.1, 0.15) is 36.5 Å². The summed E-state index contributed by atoms with van der Waals surface area (Å²) in [6, 6.07) is 14.8. The highest BCUT2D eigenvalue weighted by atomic mass is 32.3. The molecule has 14 nitrogen and oxygen atoms in total. The summed E-state index contributed by atoms with van der Waals surface area (Å²) in [6.45, 7) is 0.553. The van der Waals surface area contributed by atoms with Gasteiger partial charge in [0.15, 0.2) is 0 Å². The molecule has 0 atom stereocenters. The number of nitrogens with zero attached hydrogens (tertiary/aromatic N) is 10. The molecule has 2 heterocycles. The van der Waals surface area contributed by atoms with Crippen LogP contribution >= 0.6 is 22.7 Å². The molecular formula is C24H30N10O4S3+2. The molecule has 0 aliphatic rings. The Bertz CT molecular complexity index is 1460. The average molecular weight is 619 g/mol. The van der Waals surface area contributed by atoms with Crippen molar-refractivity contribution in [3.8, 4) is 0 Å². The molecule has 0 spiro atoms. The number of benzene rings is 2. The molecule has 0 saturated heterocycles. The molecule has 2 aromatic heterocycles. The second kappa shape index (κ2) is 14.2. The van der Waals surface area contributed by atoms with Crippen LogP contribution in [-0.4, -0.2) is 59.0 Å². The van der Waals surface area contributed by atoms with E-state index in [0.29, 0.717) is 34.7 Å². The number of azo groups is 2. The van der Waals surface area contributed by atoms with Crippen LogP contribution in [0.4, 0.5) is 33.0 Å². The Labute approximate surface area is 246 Å². The standard InChI is InChI=1S/C24H30N10O4S3/c1-31(21-9-5-19(6-10-21)27-29-23-33(3)25-17-39-23)13-15-37-41(35,36)38-16-14-32(2)22-11-7-20(8-12-22)28-30-24-34(4)26-18-40-24/h5-12,17-18H,13-16H2,1-4H3/q+2. The fourth-order valence-corrected chi connectivity index (χ4v) is 5.07. The molecular weight excluding hydrogens is 589 g/mol. The van der Waals surface area contributed by atoms with Crippen LogP contribution in [0, 0.1) is 0 Å². The molecule has 2 aromatic carbocycles. The fourth-order valence-electron chi connectivity index (χ4n) is 3.30. The van der Waals surface area contributed by atoms with Crippen LogP contribution in [0.2, 0.25) is 0 Å². The first-order chi connectivity index (χ1) is 19.7. The van der Waals surface area contributed by atoms with Crippen LogP contribution in [0.1, 0.15) is 0 Å². The van der Waals surface area contributed by atoms with Crippen molar-refractivity contribution in [2.24, 2.45) is 34.6 Å². The highest BCUT2D eigenvalue weighted by Gasteiger charge is 2.14. The minimum absolute atomic E-state index is 0.0619. The number of rotatable bonds is 14. The minimum Gasteiger partial charge on any atom is -0.372 e. The van der Waals surface area contributed by atoms with E-state index in [2.05, 4.69) is 30.7 Å². The van der Waals surface area contributed by atoms with Crippen LogP contribution in [0.5, 0.6) is 0 Å². The van der Waals surface area contributed by atoms with Gasteiger partial charge in [0, 0.05) is 38.6 Å². The maximum Gasteiger partial charge on any atom is 0.429 e. The van der Waals surface area contributed by atoms with Gasteiger partial charge in [0.05, 0.1) is 23.4 Å². The summed E-state index contributed by atoms with van der Waals surface area (Å²) < 4.78 is 37.8. The molecule has 0 N–H and O–H groups in total. The molecule has 4 rings (SSSR count). The number of likely N-dealkylation sites (N-methyl/N-ethyl adjacent to an activating group) is 2. The smallest absolute Gasteiger partial charge is 0.372 e. The van der Waals surface area contributed by atoms with E-state index in [1.54, 1.807) is 34.5 Å². The van der Waals surface area contributed by atoms with Gasteiger partial charge in [-0.25, -0.2) is 8.37 Å². The first kappa shape index (κ1) is 30.2. The third-order valence-corrected chi connectivity index (χ3v) is 8.13. The van der Waals surface area contributed by atoms with E-state index in [9.17, 15) is 8.42 Å². The van der Waals surface area contributed by atoms with Crippen molar-refractivity contribution >= 4 is 66.1 Å². The summed E-state index contributed by atoms with van der Waals surface area (Å²) in [4.78, 5) is 3.74. The zero-order valence-electron chi connectivity index (χ0n) is 22.9. The maximum atomic E-state index is 12.2. The van der Waals surface area contributed by atoms with Gasteiger partial charge in [0.2, 0.25) is 0 Å². The average Bonchev–Trinajstić information content (AvgIpc) is 3.57. The predicted molar refractivity (Wildman–Crippen MR) is 155 cm³/mol. The van der Waals surface area contributed by atoms with Crippen LogP contribution in [0.25, 0.3) is 0 Å². The second-order valence-electron chi connectivity index (χ2n) is 8.62. The molecule has 0 fully saturated rings. The van der Waals surface area contributed by atoms with Gasteiger partial charge in [-0.3, -0.25) is 0 Å².